The van der Waals surface area contributed by atoms with Crippen LogP contribution in [-0.2, 0) is 16.1 Å². The highest BCUT2D eigenvalue weighted by atomic mass is 32.1. The fourth-order valence-corrected chi connectivity index (χ4v) is 3.68. The molecular formula is C17H17NO3S. The molecule has 2 aromatic rings. The molecule has 0 fully saturated rings. The van der Waals surface area contributed by atoms with E-state index in [1.54, 1.807) is 16.2 Å². The molecule has 1 aliphatic heterocycles. The van der Waals surface area contributed by atoms with Crippen molar-refractivity contribution in [2.24, 2.45) is 0 Å². The second-order valence-electron chi connectivity index (χ2n) is 5.59. The van der Waals surface area contributed by atoms with Gasteiger partial charge in [-0.05, 0) is 40.4 Å². The van der Waals surface area contributed by atoms with Crippen molar-refractivity contribution in [3.63, 3.8) is 0 Å². The minimum absolute atomic E-state index is 0.0147. The second-order valence-corrected chi connectivity index (χ2v) is 6.37. The summed E-state index contributed by atoms with van der Waals surface area (Å²) in [7, 11) is 0. The van der Waals surface area contributed by atoms with E-state index in [0.29, 0.717) is 6.54 Å². The molecule has 1 aromatic carbocycles. The molecule has 2 heterocycles. The summed E-state index contributed by atoms with van der Waals surface area (Å²) in [6.45, 7) is 2.59. The normalized spacial score (nSPS) is 18.6. The second kappa shape index (κ2) is 5.93. The summed E-state index contributed by atoms with van der Waals surface area (Å²) < 4.78 is 0. The number of carboxylic acids is 1. The Morgan fingerprint density at radius 1 is 1.32 bits per heavy atom. The summed E-state index contributed by atoms with van der Waals surface area (Å²) in [6, 6.07) is 9.42. The van der Waals surface area contributed by atoms with Crippen LogP contribution >= 0.6 is 11.3 Å². The van der Waals surface area contributed by atoms with E-state index in [-0.39, 0.29) is 18.4 Å². The number of fused-ring (bicyclic) bond motifs is 1. The van der Waals surface area contributed by atoms with Gasteiger partial charge in [-0.2, -0.15) is 11.3 Å². The van der Waals surface area contributed by atoms with Crippen molar-refractivity contribution < 1.29 is 14.7 Å². The highest BCUT2D eigenvalue weighted by Crippen LogP contribution is 2.31. The Labute approximate surface area is 133 Å². The van der Waals surface area contributed by atoms with Crippen molar-refractivity contribution in [2.75, 3.05) is 6.54 Å². The lowest BCUT2D eigenvalue weighted by Gasteiger charge is -2.34. The average molecular weight is 315 g/mol. The minimum atomic E-state index is -0.881. The molecule has 114 valence electrons. The molecule has 1 aliphatic rings. The van der Waals surface area contributed by atoms with Gasteiger partial charge in [-0.1, -0.05) is 24.3 Å². The summed E-state index contributed by atoms with van der Waals surface area (Å²) in [4.78, 5) is 25.9. The van der Waals surface area contributed by atoms with Crippen LogP contribution in [0.5, 0.6) is 0 Å². The van der Waals surface area contributed by atoms with E-state index in [1.165, 1.54) is 0 Å². The van der Waals surface area contributed by atoms with Crippen LogP contribution in [0.25, 0.3) is 0 Å². The Morgan fingerprint density at radius 3 is 2.77 bits per heavy atom. The number of rotatable bonds is 3. The Bertz CT molecular complexity index is 696. The fraction of sp³-hybridized carbons (Fsp3) is 0.294. The van der Waals surface area contributed by atoms with Crippen molar-refractivity contribution in [2.45, 2.75) is 25.3 Å². The van der Waals surface area contributed by atoms with Crippen LogP contribution < -0.4 is 0 Å². The summed E-state index contributed by atoms with van der Waals surface area (Å²) >= 11 is 1.56. The lowest BCUT2D eigenvalue weighted by atomic mass is 9.89. The fourth-order valence-electron chi connectivity index (χ4n) is 2.92. The first-order valence-electron chi connectivity index (χ1n) is 7.19. The maximum absolute atomic E-state index is 12.7. The highest BCUT2D eigenvalue weighted by molar-refractivity contribution is 7.08. The molecule has 3 rings (SSSR count). The smallest absolute Gasteiger partial charge is 0.312 e. The Morgan fingerprint density at radius 2 is 2.09 bits per heavy atom. The standard InChI is InChI=1S/C17H17NO3S/c1-11(13-6-7-22-10-13)16(19)18-8-12-4-2-3-5-14(12)15(9-18)17(20)21/h2-7,10-11,15H,8-9H2,1H3,(H,20,21). The SMILES string of the molecule is CC(C(=O)N1Cc2ccccc2C(C(=O)O)C1)c1ccsc1. The van der Waals surface area contributed by atoms with Gasteiger partial charge in [0.05, 0.1) is 11.8 Å². The zero-order chi connectivity index (χ0) is 15.7. The summed E-state index contributed by atoms with van der Waals surface area (Å²) in [5, 5.41) is 13.4. The topological polar surface area (TPSA) is 57.6 Å². The summed E-state index contributed by atoms with van der Waals surface area (Å²) in [5.41, 5.74) is 2.73. The molecule has 1 N–H and O–H groups in total. The van der Waals surface area contributed by atoms with Gasteiger partial charge in [0.15, 0.2) is 0 Å². The summed E-state index contributed by atoms with van der Waals surface area (Å²) in [6.07, 6.45) is 0. The van der Waals surface area contributed by atoms with Crippen LogP contribution in [0.2, 0.25) is 0 Å². The number of carbonyl (C=O) groups excluding carboxylic acids is 1. The van der Waals surface area contributed by atoms with Crippen molar-refractivity contribution in [3.8, 4) is 0 Å². The minimum Gasteiger partial charge on any atom is -0.481 e. The lowest BCUT2D eigenvalue weighted by Crippen LogP contribution is -2.42. The number of hydrogen-bond donors (Lipinski definition) is 1. The zero-order valence-electron chi connectivity index (χ0n) is 12.2. The van der Waals surface area contributed by atoms with Gasteiger partial charge < -0.3 is 10.0 Å². The van der Waals surface area contributed by atoms with E-state index < -0.39 is 11.9 Å². The van der Waals surface area contributed by atoms with Crippen molar-refractivity contribution in [3.05, 3.63) is 57.8 Å². The molecule has 5 heteroatoms. The molecule has 1 amide bonds. The van der Waals surface area contributed by atoms with E-state index in [9.17, 15) is 14.7 Å². The average Bonchev–Trinajstić information content (AvgIpc) is 3.06. The predicted molar refractivity (Wildman–Crippen MR) is 85.0 cm³/mol. The van der Waals surface area contributed by atoms with Gasteiger partial charge in [0.1, 0.15) is 0 Å². The zero-order valence-corrected chi connectivity index (χ0v) is 13.0. The molecule has 2 unspecified atom stereocenters. The van der Waals surface area contributed by atoms with Crippen LogP contribution in [0.15, 0.2) is 41.1 Å². The number of hydrogen-bond acceptors (Lipinski definition) is 3. The van der Waals surface area contributed by atoms with E-state index in [0.717, 1.165) is 16.7 Å². The number of thiophene rings is 1. The third-order valence-corrected chi connectivity index (χ3v) is 4.92. The van der Waals surface area contributed by atoms with Crippen molar-refractivity contribution in [1.29, 1.82) is 0 Å². The van der Waals surface area contributed by atoms with Gasteiger partial charge in [-0.3, -0.25) is 9.59 Å². The van der Waals surface area contributed by atoms with E-state index in [4.69, 9.17) is 0 Å². The molecule has 0 saturated heterocycles. The van der Waals surface area contributed by atoms with Crippen LogP contribution in [0.3, 0.4) is 0 Å². The van der Waals surface area contributed by atoms with Crippen LogP contribution in [-0.4, -0.2) is 28.4 Å². The Hall–Kier alpha value is -2.14. The first-order chi connectivity index (χ1) is 10.6. The van der Waals surface area contributed by atoms with Gasteiger partial charge >= 0.3 is 5.97 Å². The van der Waals surface area contributed by atoms with Crippen LogP contribution in [0, 0.1) is 0 Å². The third-order valence-electron chi connectivity index (χ3n) is 4.22. The number of aliphatic carboxylic acids is 1. The summed E-state index contributed by atoms with van der Waals surface area (Å²) in [5.74, 6) is -1.79. The van der Waals surface area contributed by atoms with Gasteiger partial charge in [-0.15, -0.1) is 0 Å². The Kier molecular flexibility index (Phi) is 3.98. The van der Waals surface area contributed by atoms with Crippen molar-refractivity contribution in [1.82, 2.24) is 4.90 Å². The number of amides is 1. The molecule has 0 bridgehead atoms. The third kappa shape index (κ3) is 2.64. The van der Waals surface area contributed by atoms with E-state index in [1.807, 2.05) is 48.0 Å². The molecule has 0 aliphatic carbocycles. The van der Waals surface area contributed by atoms with E-state index >= 15 is 0 Å². The predicted octanol–water partition coefficient (Wildman–Crippen LogP) is 3.06. The Balaban J connectivity index is 1.87. The van der Waals surface area contributed by atoms with Gasteiger partial charge in [0, 0.05) is 13.1 Å². The lowest BCUT2D eigenvalue weighted by molar-refractivity contribution is -0.141. The molecule has 0 radical (unpaired) electrons. The molecule has 1 aromatic heterocycles. The van der Waals surface area contributed by atoms with Crippen LogP contribution in [0.4, 0.5) is 0 Å². The first-order valence-corrected chi connectivity index (χ1v) is 8.13. The highest BCUT2D eigenvalue weighted by Gasteiger charge is 2.34. The van der Waals surface area contributed by atoms with E-state index in [2.05, 4.69) is 0 Å². The maximum atomic E-state index is 12.7. The molecule has 22 heavy (non-hydrogen) atoms. The number of benzene rings is 1. The monoisotopic (exact) mass is 315 g/mol. The first kappa shape index (κ1) is 14.8. The molecule has 4 nitrogen and oxygen atoms in total. The molecule has 0 saturated carbocycles. The van der Waals surface area contributed by atoms with Crippen LogP contribution in [0.1, 0.15) is 35.4 Å². The van der Waals surface area contributed by atoms with Gasteiger partial charge in [0.25, 0.3) is 0 Å². The quantitative estimate of drug-likeness (QED) is 0.947. The largest absolute Gasteiger partial charge is 0.481 e. The number of carbonyl (C=O) groups is 2. The van der Waals surface area contributed by atoms with Gasteiger partial charge in [0.2, 0.25) is 5.91 Å². The molecule has 2 atom stereocenters. The molecular weight excluding hydrogens is 298 g/mol. The maximum Gasteiger partial charge on any atom is 0.312 e. The molecule has 0 spiro atoms. The number of carboxylic acid groups (broad SMARTS) is 1. The number of nitrogens with zero attached hydrogens (tertiary/aromatic N) is 1. The van der Waals surface area contributed by atoms with Gasteiger partial charge in [-0.25, -0.2) is 0 Å². The van der Waals surface area contributed by atoms with Crippen molar-refractivity contribution >= 4 is 23.2 Å².